The highest BCUT2D eigenvalue weighted by Gasteiger charge is 2.18. The summed E-state index contributed by atoms with van der Waals surface area (Å²) in [6.07, 6.45) is 0. The van der Waals surface area contributed by atoms with Gasteiger partial charge in [0.15, 0.2) is 0 Å². The fraction of sp³-hybridized carbons (Fsp3) is 0. The van der Waals surface area contributed by atoms with Crippen LogP contribution in [0.1, 0.15) is 0 Å². The number of hydrogen-bond acceptors (Lipinski definition) is 1. The van der Waals surface area contributed by atoms with E-state index in [9.17, 15) is 0 Å². The lowest BCUT2D eigenvalue weighted by Gasteiger charge is -2.26. The zero-order valence-corrected chi connectivity index (χ0v) is 37.8. The van der Waals surface area contributed by atoms with Crippen LogP contribution in [0.2, 0.25) is 0 Å². The van der Waals surface area contributed by atoms with E-state index in [0.717, 1.165) is 34.0 Å². The summed E-state index contributed by atoms with van der Waals surface area (Å²) in [5, 5.41) is 4.98. The monoisotopic (exact) mass is 879 g/mol. The number of rotatable bonds is 9. The summed E-state index contributed by atoms with van der Waals surface area (Å²) >= 11 is 0. The second kappa shape index (κ2) is 16.9. The molecule has 0 saturated heterocycles. The van der Waals surface area contributed by atoms with Crippen LogP contribution in [0.5, 0.6) is 0 Å². The third-order valence-corrected chi connectivity index (χ3v) is 13.7. The number of anilines is 3. The molecular weight excluding hydrogens is 835 g/mol. The molecule has 0 radical (unpaired) electrons. The van der Waals surface area contributed by atoms with E-state index < -0.39 is 0 Å². The van der Waals surface area contributed by atoms with Gasteiger partial charge in [0.2, 0.25) is 0 Å². The van der Waals surface area contributed by atoms with Crippen LogP contribution < -0.4 is 4.90 Å². The van der Waals surface area contributed by atoms with Crippen molar-refractivity contribution in [3.05, 3.63) is 273 Å². The summed E-state index contributed by atoms with van der Waals surface area (Å²) < 4.78 is 4.77. The van der Waals surface area contributed by atoms with E-state index in [2.05, 4.69) is 287 Å². The molecule has 2 heterocycles. The van der Waals surface area contributed by atoms with Crippen molar-refractivity contribution >= 4 is 60.7 Å². The molecule has 324 valence electrons. The molecule has 0 amide bonds. The van der Waals surface area contributed by atoms with Gasteiger partial charge < -0.3 is 14.0 Å². The third kappa shape index (κ3) is 7.16. The summed E-state index contributed by atoms with van der Waals surface area (Å²) in [5.74, 6) is 0. The summed E-state index contributed by atoms with van der Waals surface area (Å²) in [5.41, 5.74) is 19.9. The van der Waals surface area contributed by atoms with Crippen molar-refractivity contribution in [1.82, 2.24) is 9.13 Å². The predicted molar refractivity (Wildman–Crippen MR) is 292 cm³/mol. The average molecular weight is 880 g/mol. The molecule has 3 nitrogen and oxygen atoms in total. The van der Waals surface area contributed by atoms with Gasteiger partial charge in [-0.3, -0.25) is 0 Å². The van der Waals surface area contributed by atoms with Gasteiger partial charge in [-0.1, -0.05) is 182 Å². The van der Waals surface area contributed by atoms with Crippen molar-refractivity contribution in [2.24, 2.45) is 0 Å². The zero-order chi connectivity index (χ0) is 45.7. The first-order chi connectivity index (χ1) is 34.2. The summed E-state index contributed by atoms with van der Waals surface area (Å²) in [6, 6.07) is 99.0. The Balaban J connectivity index is 0.867. The summed E-state index contributed by atoms with van der Waals surface area (Å²) in [6.45, 7) is 0. The molecule has 0 fully saturated rings. The SMILES string of the molecule is c1ccc(-c2ccc(N(c3ccc(-c4ccc5c(c4)c4ccccc4n5-c4ccccc4)cc3)c3ccc(-c4ccc5c6ccccc6n(-c6ccc(-c7ccccc7)cc6)c5c4)cc3)cc2)cc1. The topological polar surface area (TPSA) is 13.1 Å². The van der Waals surface area contributed by atoms with E-state index in [-0.39, 0.29) is 0 Å². The summed E-state index contributed by atoms with van der Waals surface area (Å²) in [4.78, 5) is 2.36. The van der Waals surface area contributed by atoms with E-state index in [1.165, 1.54) is 82.6 Å². The molecule has 13 aromatic rings. The molecule has 0 atom stereocenters. The molecule has 3 heteroatoms. The van der Waals surface area contributed by atoms with Crippen LogP contribution in [0.3, 0.4) is 0 Å². The Morgan fingerprint density at radius 1 is 0.203 bits per heavy atom. The zero-order valence-electron chi connectivity index (χ0n) is 37.8. The minimum absolute atomic E-state index is 1.09. The minimum atomic E-state index is 1.09. The van der Waals surface area contributed by atoms with E-state index >= 15 is 0 Å². The number of para-hydroxylation sites is 3. The molecule has 0 unspecified atom stereocenters. The quantitative estimate of drug-likeness (QED) is 0.141. The second-order valence-electron chi connectivity index (χ2n) is 17.8. The van der Waals surface area contributed by atoms with Crippen LogP contribution in [0.15, 0.2) is 273 Å². The van der Waals surface area contributed by atoms with Crippen molar-refractivity contribution in [2.45, 2.75) is 0 Å². The van der Waals surface area contributed by atoms with Crippen molar-refractivity contribution in [3.63, 3.8) is 0 Å². The maximum Gasteiger partial charge on any atom is 0.0547 e. The highest BCUT2D eigenvalue weighted by Crippen LogP contribution is 2.41. The lowest BCUT2D eigenvalue weighted by molar-refractivity contribution is 1.18. The van der Waals surface area contributed by atoms with Crippen molar-refractivity contribution in [3.8, 4) is 55.9 Å². The molecule has 0 aliphatic carbocycles. The Morgan fingerprint density at radius 2 is 0.536 bits per heavy atom. The maximum absolute atomic E-state index is 2.41. The van der Waals surface area contributed by atoms with Gasteiger partial charge in [0.1, 0.15) is 0 Å². The van der Waals surface area contributed by atoms with Crippen LogP contribution in [0, 0.1) is 0 Å². The van der Waals surface area contributed by atoms with Crippen LogP contribution in [0.4, 0.5) is 17.1 Å². The van der Waals surface area contributed by atoms with Crippen LogP contribution in [-0.4, -0.2) is 9.13 Å². The molecule has 11 aromatic carbocycles. The van der Waals surface area contributed by atoms with Crippen molar-refractivity contribution in [2.75, 3.05) is 4.90 Å². The van der Waals surface area contributed by atoms with Crippen LogP contribution in [0.25, 0.3) is 99.5 Å². The standard InChI is InChI=1S/C66H45N3/c1-4-14-46(15-5-1)48-24-34-55(35-25-48)67(56-36-28-50(29-37-56)52-33-43-65-62(44-52)60-21-11-13-23-64(60)68(65)54-18-8-3-9-19-54)57-38-30-51(31-39-57)53-32-42-61-59-20-10-12-22-63(59)69(66(61)45-53)58-40-26-49(27-41-58)47-16-6-2-7-17-47/h1-45H. The lowest BCUT2D eigenvalue weighted by atomic mass is 10.0. The molecule has 13 rings (SSSR count). The number of aromatic nitrogens is 2. The van der Waals surface area contributed by atoms with E-state index in [4.69, 9.17) is 0 Å². The highest BCUT2D eigenvalue weighted by atomic mass is 15.1. The molecule has 0 saturated carbocycles. The summed E-state index contributed by atoms with van der Waals surface area (Å²) in [7, 11) is 0. The number of nitrogens with zero attached hydrogens (tertiary/aromatic N) is 3. The van der Waals surface area contributed by atoms with Gasteiger partial charge in [0.05, 0.1) is 22.1 Å². The van der Waals surface area contributed by atoms with Crippen LogP contribution >= 0.6 is 0 Å². The normalized spacial score (nSPS) is 11.5. The van der Waals surface area contributed by atoms with Gasteiger partial charge in [-0.05, 0) is 136 Å². The van der Waals surface area contributed by atoms with Gasteiger partial charge in [-0.15, -0.1) is 0 Å². The Kier molecular flexibility index (Phi) is 9.84. The molecular formula is C66H45N3. The predicted octanol–water partition coefficient (Wildman–Crippen LogP) is 18.0. The van der Waals surface area contributed by atoms with E-state index in [1.54, 1.807) is 0 Å². The Hall–Kier alpha value is -9.18. The molecule has 0 spiro atoms. The highest BCUT2D eigenvalue weighted by molar-refractivity contribution is 6.11. The number of fused-ring (bicyclic) bond motifs is 6. The number of hydrogen-bond donors (Lipinski definition) is 0. The lowest BCUT2D eigenvalue weighted by Crippen LogP contribution is -2.09. The number of benzene rings is 11. The molecule has 0 bridgehead atoms. The molecule has 69 heavy (non-hydrogen) atoms. The molecule has 0 aliphatic rings. The van der Waals surface area contributed by atoms with Gasteiger partial charge in [-0.2, -0.15) is 0 Å². The van der Waals surface area contributed by atoms with Crippen molar-refractivity contribution < 1.29 is 0 Å². The minimum Gasteiger partial charge on any atom is -0.311 e. The first-order valence-electron chi connectivity index (χ1n) is 23.7. The Labute approximate surface area is 401 Å². The smallest absolute Gasteiger partial charge is 0.0547 e. The van der Waals surface area contributed by atoms with Gasteiger partial charge >= 0.3 is 0 Å². The average Bonchev–Trinajstić information content (AvgIpc) is 3.94. The molecule has 0 N–H and O–H groups in total. The second-order valence-corrected chi connectivity index (χ2v) is 17.8. The largest absolute Gasteiger partial charge is 0.311 e. The molecule has 2 aromatic heterocycles. The first kappa shape index (κ1) is 40.1. The molecule has 0 aliphatic heterocycles. The first-order valence-corrected chi connectivity index (χ1v) is 23.7. The third-order valence-electron chi connectivity index (χ3n) is 13.7. The van der Waals surface area contributed by atoms with Gasteiger partial charge in [0, 0.05) is 50.0 Å². The van der Waals surface area contributed by atoms with Crippen LogP contribution in [-0.2, 0) is 0 Å². The Bertz CT molecular complexity index is 3940. The fourth-order valence-corrected chi connectivity index (χ4v) is 10.4. The fourth-order valence-electron chi connectivity index (χ4n) is 10.4. The van der Waals surface area contributed by atoms with Gasteiger partial charge in [0.25, 0.3) is 0 Å². The van der Waals surface area contributed by atoms with Gasteiger partial charge in [-0.25, -0.2) is 0 Å². The van der Waals surface area contributed by atoms with E-state index in [0.29, 0.717) is 0 Å². The van der Waals surface area contributed by atoms with Crippen molar-refractivity contribution in [1.29, 1.82) is 0 Å². The Morgan fingerprint density at radius 3 is 1.07 bits per heavy atom. The van der Waals surface area contributed by atoms with E-state index in [1.807, 2.05) is 0 Å². The maximum atomic E-state index is 2.41.